The minimum absolute atomic E-state index is 0.218. The number of hydrogen-bond acceptors (Lipinski definition) is 4. The highest BCUT2D eigenvalue weighted by Crippen LogP contribution is 2.04. The first-order valence-electron chi connectivity index (χ1n) is 4.41. The lowest BCUT2D eigenvalue weighted by Gasteiger charge is -2.22. The first-order chi connectivity index (χ1) is 6.29. The Morgan fingerprint density at radius 3 is 2.21 bits per heavy atom. The van der Waals surface area contributed by atoms with Gasteiger partial charge in [-0.15, -0.1) is 0 Å². The van der Waals surface area contributed by atoms with Gasteiger partial charge in [-0.3, -0.25) is 4.79 Å². The average Bonchev–Trinajstić information content (AvgIpc) is 1.98. The van der Waals surface area contributed by atoms with Crippen LogP contribution in [-0.2, 0) is 19.6 Å². The lowest BCUT2D eigenvalue weighted by atomic mass is 10.4. The van der Waals surface area contributed by atoms with Crippen LogP contribution in [0, 0.1) is 0 Å². The van der Waals surface area contributed by atoms with E-state index in [0.29, 0.717) is 0 Å². The third-order valence-electron chi connectivity index (χ3n) is 1.59. The molecule has 0 heterocycles. The van der Waals surface area contributed by atoms with Crippen molar-refractivity contribution in [2.24, 2.45) is 0 Å². The van der Waals surface area contributed by atoms with Crippen molar-refractivity contribution in [3.05, 3.63) is 0 Å². The van der Waals surface area contributed by atoms with Crippen molar-refractivity contribution < 1.29 is 17.9 Å². The van der Waals surface area contributed by atoms with Crippen LogP contribution >= 0.6 is 0 Å². The molecule has 0 fully saturated rings. The summed E-state index contributed by atoms with van der Waals surface area (Å²) in [5.41, 5.74) is 0. The van der Waals surface area contributed by atoms with Gasteiger partial charge in [0.25, 0.3) is 0 Å². The number of carbonyl (C=O) groups excluding carboxylic acids is 1. The van der Waals surface area contributed by atoms with E-state index in [2.05, 4.69) is 4.74 Å². The predicted molar refractivity (Wildman–Crippen MR) is 53.3 cm³/mol. The van der Waals surface area contributed by atoms with Crippen molar-refractivity contribution in [1.82, 2.24) is 4.31 Å². The number of carbonyl (C=O) groups is 1. The maximum absolute atomic E-state index is 11.2. The maximum Gasteiger partial charge on any atom is 0.321 e. The first-order valence-corrected chi connectivity index (χ1v) is 6.26. The molecule has 0 saturated carbocycles. The van der Waals surface area contributed by atoms with Gasteiger partial charge in [-0.05, 0) is 20.8 Å². The van der Waals surface area contributed by atoms with Crippen molar-refractivity contribution in [1.29, 1.82) is 0 Å². The van der Waals surface area contributed by atoms with Crippen LogP contribution in [0.15, 0.2) is 0 Å². The van der Waals surface area contributed by atoms with Gasteiger partial charge in [0.1, 0.15) is 6.54 Å². The normalized spacial score (nSPS) is 12.1. The Labute approximate surface area is 85.1 Å². The number of esters is 1. The molecule has 0 bridgehead atoms. The van der Waals surface area contributed by atoms with E-state index in [0.717, 1.165) is 10.6 Å². The second kappa shape index (κ2) is 5.31. The summed E-state index contributed by atoms with van der Waals surface area (Å²) in [4.78, 5) is 11.1. The zero-order chi connectivity index (χ0) is 11.4. The van der Waals surface area contributed by atoms with Gasteiger partial charge in [-0.25, -0.2) is 8.42 Å². The van der Waals surface area contributed by atoms with Gasteiger partial charge in [-0.1, -0.05) is 0 Å². The Bertz CT molecular complexity index is 284. The molecule has 0 amide bonds. The van der Waals surface area contributed by atoms with Crippen molar-refractivity contribution in [3.63, 3.8) is 0 Å². The monoisotopic (exact) mass is 223 g/mol. The van der Waals surface area contributed by atoms with Crippen LogP contribution in [0.4, 0.5) is 0 Å². The summed E-state index contributed by atoms with van der Waals surface area (Å²) in [6.45, 7) is 5.14. The highest BCUT2D eigenvalue weighted by molar-refractivity contribution is 7.88. The Kier molecular flexibility index (Phi) is 5.07. The second-order valence-electron chi connectivity index (χ2n) is 3.21. The maximum atomic E-state index is 11.2. The van der Waals surface area contributed by atoms with E-state index in [1.807, 2.05) is 0 Å². The van der Waals surface area contributed by atoms with E-state index < -0.39 is 16.0 Å². The molecule has 0 aromatic heterocycles. The van der Waals surface area contributed by atoms with E-state index in [4.69, 9.17) is 0 Å². The van der Waals surface area contributed by atoms with Crippen molar-refractivity contribution in [3.8, 4) is 0 Å². The average molecular weight is 223 g/mol. The number of ether oxygens (including phenoxy) is 1. The van der Waals surface area contributed by atoms with E-state index in [1.54, 1.807) is 20.8 Å². The molecule has 0 spiro atoms. The van der Waals surface area contributed by atoms with Crippen LogP contribution in [0.3, 0.4) is 0 Å². The molecular weight excluding hydrogens is 206 g/mol. The summed E-state index contributed by atoms with van der Waals surface area (Å²) in [6, 6.07) is -0.241. The highest BCUT2D eigenvalue weighted by atomic mass is 32.2. The number of nitrogens with zero attached hydrogens (tertiary/aromatic N) is 1. The lowest BCUT2D eigenvalue weighted by Crippen LogP contribution is -2.40. The molecule has 0 unspecified atom stereocenters. The first kappa shape index (κ1) is 13.4. The summed E-state index contributed by atoms with van der Waals surface area (Å²) in [6.07, 6.45) is 1.08. The SMILES string of the molecule is CCOC(=O)CN(C(C)C)S(C)(=O)=O. The molecule has 5 nitrogen and oxygen atoms in total. The van der Waals surface area contributed by atoms with Crippen molar-refractivity contribution >= 4 is 16.0 Å². The zero-order valence-electron chi connectivity index (χ0n) is 8.98. The third-order valence-corrected chi connectivity index (χ3v) is 2.99. The van der Waals surface area contributed by atoms with Gasteiger partial charge in [0.15, 0.2) is 0 Å². The Balaban J connectivity index is 4.48. The fraction of sp³-hybridized carbons (Fsp3) is 0.875. The summed E-state index contributed by atoms with van der Waals surface area (Å²) in [7, 11) is -3.35. The number of rotatable bonds is 5. The molecule has 0 aliphatic heterocycles. The molecule has 0 aliphatic carbocycles. The minimum atomic E-state index is -3.35. The molecule has 0 saturated heterocycles. The quantitative estimate of drug-likeness (QED) is 0.625. The fourth-order valence-electron chi connectivity index (χ4n) is 1.02. The largest absolute Gasteiger partial charge is 0.465 e. The van der Waals surface area contributed by atoms with E-state index in [-0.39, 0.29) is 19.2 Å². The lowest BCUT2D eigenvalue weighted by molar-refractivity contribution is -0.143. The van der Waals surface area contributed by atoms with Crippen LogP contribution in [0.1, 0.15) is 20.8 Å². The Morgan fingerprint density at radius 1 is 1.43 bits per heavy atom. The van der Waals surface area contributed by atoms with E-state index in [9.17, 15) is 13.2 Å². The van der Waals surface area contributed by atoms with Gasteiger partial charge in [0, 0.05) is 6.04 Å². The van der Waals surface area contributed by atoms with Gasteiger partial charge in [0.2, 0.25) is 10.0 Å². The Hall–Kier alpha value is -0.620. The molecular formula is C8H17NO4S. The van der Waals surface area contributed by atoms with E-state index >= 15 is 0 Å². The minimum Gasteiger partial charge on any atom is -0.465 e. The van der Waals surface area contributed by atoms with Gasteiger partial charge < -0.3 is 4.74 Å². The standard InChI is InChI=1S/C8H17NO4S/c1-5-13-8(10)6-9(7(2)3)14(4,11)12/h7H,5-6H2,1-4H3. The molecule has 0 N–H and O–H groups in total. The second-order valence-corrected chi connectivity index (χ2v) is 5.14. The molecule has 0 aromatic rings. The number of hydrogen-bond donors (Lipinski definition) is 0. The zero-order valence-corrected chi connectivity index (χ0v) is 9.80. The molecule has 0 aliphatic rings. The van der Waals surface area contributed by atoms with Gasteiger partial charge >= 0.3 is 5.97 Å². The van der Waals surface area contributed by atoms with E-state index in [1.165, 1.54) is 0 Å². The molecule has 6 heteroatoms. The molecule has 14 heavy (non-hydrogen) atoms. The molecule has 0 atom stereocenters. The van der Waals surface area contributed by atoms with Crippen molar-refractivity contribution in [2.75, 3.05) is 19.4 Å². The van der Waals surface area contributed by atoms with Crippen molar-refractivity contribution in [2.45, 2.75) is 26.8 Å². The predicted octanol–water partition coefficient (Wildman–Crippen LogP) is 0.219. The Morgan fingerprint density at radius 2 is 1.93 bits per heavy atom. The van der Waals surface area contributed by atoms with Crippen LogP contribution in [0.2, 0.25) is 0 Å². The molecule has 0 rings (SSSR count). The highest BCUT2D eigenvalue weighted by Gasteiger charge is 2.23. The van der Waals surface area contributed by atoms with Gasteiger partial charge in [0.05, 0.1) is 12.9 Å². The van der Waals surface area contributed by atoms with Crippen LogP contribution in [0.5, 0.6) is 0 Å². The van der Waals surface area contributed by atoms with Crippen LogP contribution < -0.4 is 0 Å². The topological polar surface area (TPSA) is 63.7 Å². The summed E-state index contributed by atoms with van der Waals surface area (Å²) >= 11 is 0. The molecule has 84 valence electrons. The summed E-state index contributed by atoms with van der Waals surface area (Å²) < 4.78 is 28.2. The summed E-state index contributed by atoms with van der Waals surface area (Å²) in [5, 5.41) is 0. The van der Waals surface area contributed by atoms with Crippen LogP contribution in [-0.4, -0.2) is 44.1 Å². The van der Waals surface area contributed by atoms with Gasteiger partial charge in [-0.2, -0.15) is 4.31 Å². The number of sulfonamides is 1. The summed E-state index contributed by atoms with van der Waals surface area (Å²) in [5.74, 6) is -0.522. The third kappa shape index (κ3) is 4.57. The van der Waals surface area contributed by atoms with Crippen LogP contribution in [0.25, 0.3) is 0 Å². The molecule has 0 radical (unpaired) electrons. The fourth-order valence-corrected chi connectivity index (χ4v) is 2.12. The molecule has 0 aromatic carbocycles. The smallest absolute Gasteiger partial charge is 0.321 e.